The number of aryl methyl sites for hydroxylation is 1. The lowest BCUT2D eigenvalue weighted by Gasteiger charge is -2.28. The second-order valence-corrected chi connectivity index (χ2v) is 5.82. The summed E-state index contributed by atoms with van der Waals surface area (Å²) in [5, 5.41) is 12.8. The van der Waals surface area contributed by atoms with Gasteiger partial charge in [0.1, 0.15) is 5.65 Å². The van der Waals surface area contributed by atoms with Gasteiger partial charge in [-0.15, -0.1) is 0 Å². The Kier molecular flexibility index (Phi) is 4.49. The molecule has 0 saturated carbocycles. The van der Waals surface area contributed by atoms with Crippen molar-refractivity contribution in [2.75, 3.05) is 19.8 Å². The third-order valence-electron chi connectivity index (χ3n) is 4.11. The molecule has 0 radical (unpaired) electrons. The van der Waals surface area contributed by atoms with Gasteiger partial charge in [-0.2, -0.15) is 0 Å². The predicted molar refractivity (Wildman–Crippen MR) is 85.2 cm³/mol. The molecule has 0 bridgehead atoms. The van der Waals surface area contributed by atoms with Crippen LogP contribution in [0.3, 0.4) is 0 Å². The minimum Gasteiger partial charge on any atom is -0.388 e. The lowest BCUT2D eigenvalue weighted by atomic mass is 10.2. The molecule has 23 heavy (non-hydrogen) atoms. The average Bonchev–Trinajstić information content (AvgIpc) is 3.12. The van der Waals surface area contributed by atoms with Crippen LogP contribution in [0, 0.1) is 6.92 Å². The maximum atomic E-state index is 12.4. The van der Waals surface area contributed by atoms with Crippen molar-refractivity contribution in [1.82, 2.24) is 19.6 Å². The summed E-state index contributed by atoms with van der Waals surface area (Å²) in [6.45, 7) is 5.42. The number of ether oxygens (including phenoxy) is 1. The van der Waals surface area contributed by atoms with E-state index in [0.717, 1.165) is 16.9 Å². The van der Waals surface area contributed by atoms with Crippen LogP contribution in [-0.4, -0.2) is 57.3 Å². The number of imidazole rings is 1. The van der Waals surface area contributed by atoms with Crippen LogP contribution in [0.2, 0.25) is 0 Å². The summed E-state index contributed by atoms with van der Waals surface area (Å²) >= 11 is 0. The lowest BCUT2D eigenvalue weighted by Crippen LogP contribution is -2.50. The first kappa shape index (κ1) is 15.8. The lowest BCUT2D eigenvalue weighted by molar-refractivity contribution is 0.0962. The normalized spacial score (nSPS) is 20.8. The molecule has 1 aliphatic rings. The molecular formula is C16H22N4O3. The molecule has 0 aromatic carbocycles. The molecule has 0 aliphatic carbocycles. The van der Waals surface area contributed by atoms with E-state index in [9.17, 15) is 9.90 Å². The van der Waals surface area contributed by atoms with Crippen LogP contribution in [0.1, 0.15) is 18.2 Å². The van der Waals surface area contributed by atoms with E-state index >= 15 is 0 Å². The van der Waals surface area contributed by atoms with E-state index in [2.05, 4.69) is 10.3 Å². The molecule has 2 aromatic heterocycles. The molecule has 1 aliphatic heterocycles. The van der Waals surface area contributed by atoms with Crippen molar-refractivity contribution in [3.63, 3.8) is 0 Å². The van der Waals surface area contributed by atoms with Gasteiger partial charge in [-0.3, -0.25) is 0 Å². The maximum Gasteiger partial charge on any atom is 0.318 e. The van der Waals surface area contributed by atoms with Gasteiger partial charge in [0.05, 0.1) is 37.6 Å². The summed E-state index contributed by atoms with van der Waals surface area (Å²) in [5.41, 5.74) is 2.80. The summed E-state index contributed by atoms with van der Waals surface area (Å²) in [6, 6.07) is 3.51. The maximum absolute atomic E-state index is 12.4. The smallest absolute Gasteiger partial charge is 0.318 e. The van der Waals surface area contributed by atoms with Crippen molar-refractivity contribution in [3.8, 4) is 0 Å². The topological polar surface area (TPSA) is 79.1 Å². The van der Waals surface area contributed by atoms with Crippen molar-refractivity contribution in [3.05, 3.63) is 35.8 Å². The summed E-state index contributed by atoms with van der Waals surface area (Å²) in [6.07, 6.45) is 3.23. The third kappa shape index (κ3) is 3.30. The second kappa shape index (κ2) is 6.55. The Morgan fingerprint density at radius 3 is 3.09 bits per heavy atom. The molecule has 1 saturated heterocycles. The molecule has 2 N–H and O–H groups in total. The minimum atomic E-state index is -0.626. The zero-order valence-electron chi connectivity index (χ0n) is 13.4. The molecular weight excluding hydrogens is 296 g/mol. The van der Waals surface area contributed by atoms with Crippen LogP contribution >= 0.6 is 0 Å². The molecule has 124 valence electrons. The third-order valence-corrected chi connectivity index (χ3v) is 4.11. The van der Waals surface area contributed by atoms with Crippen molar-refractivity contribution < 1.29 is 14.6 Å². The van der Waals surface area contributed by atoms with Crippen LogP contribution in [0.5, 0.6) is 0 Å². The molecule has 2 aromatic rings. The fourth-order valence-corrected chi connectivity index (χ4v) is 2.85. The molecule has 7 heteroatoms. The van der Waals surface area contributed by atoms with Crippen molar-refractivity contribution in [2.45, 2.75) is 32.5 Å². The van der Waals surface area contributed by atoms with Crippen LogP contribution in [-0.2, 0) is 11.3 Å². The Balaban J connectivity index is 1.64. The summed E-state index contributed by atoms with van der Waals surface area (Å²) < 4.78 is 7.16. The quantitative estimate of drug-likeness (QED) is 0.879. The summed E-state index contributed by atoms with van der Waals surface area (Å²) in [7, 11) is 0. The number of urea groups is 1. The van der Waals surface area contributed by atoms with E-state index in [1.54, 1.807) is 4.90 Å². The highest BCUT2D eigenvalue weighted by Crippen LogP contribution is 2.14. The number of rotatable bonds is 4. The number of hydrogen-bond donors (Lipinski definition) is 2. The van der Waals surface area contributed by atoms with Gasteiger partial charge >= 0.3 is 6.03 Å². The molecule has 2 amide bonds. The number of pyridine rings is 1. The first-order valence-electron chi connectivity index (χ1n) is 7.83. The number of nitrogens with one attached hydrogen (secondary N) is 1. The highest BCUT2D eigenvalue weighted by molar-refractivity contribution is 5.74. The Morgan fingerprint density at radius 2 is 2.39 bits per heavy atom. The van der Waals surface area contributed by atoms with Gasteiger partial charge in [-0.1, -0.05) is 0 Å². The number of aliphatic hydroxyl groups is 1. The van der Waals surface area contributed by atoms with E-state index in [4.69, 9.17) is 4.74 Å². The van der Waals surface area contributed by atoms with Gasteiger partial charge in [0.25, 0.3) is 0 Å². The van der Waals surface area contributed by atoms with Crippen LogP contribution in [0.15, 0.2) is 24.5 Å². The monoisotopic (exact) mass is 318 g/mol. The number of fused-ring (bicyclic) bond motifs is 1. The van der Waals surface area contributed by atoms with E-state index in [-0.39, 0.29) is 18.7 Å². The highest BCUT2D eigenvalue weighted by Gasteiger charge is 2.33. The largest absolute Gasteiger partial charge is 0.388 e. The predicted octanol–water partition coefficient (Wildman–Crippen LogP) is 0.934. The average molecular weight is 318 g/mol. The molecule has 0 spiro atoms. The van der Waals surface area contributed by atoms with Crippen LogP contribution < -0.4 is 5.32 Å². The van der Waals surface area contributed by atoms with Crippen molar-refractivity contribution in [2.24, 2.45) is 0 Å². The first-order chi connectivity index (χ1) is 11.1. The summed E-state index contributed by atoms with van der Waals surface area (Å²) in [4.78, 5) is 18.5. The number of carbonyl (C=O) groups is 1. The number of carbonyl (C=O) groups excluding carboxylic acids is 1. The Hall–Kier alpha value is -2.12. The standard InChI is InChI=1S/C16H22N4O3/c1-3-20(13-9-23-10-14(13)21)16(22)17-7-12-8-19-5-4-11(2)6-15(19)18-12/h4-6,8,13-14,21H,3,7,9-10H2,1-2H3,(H,17,22)/t13-,14-/m0/s1. The Labute approximate surface area is 134 Å². The molecule has 0 unspecified atom stereocenters. The molecule has 2 atom stereocenters. The molecule has 3 rings (SSSR count). The zero-order valence-corrected chi connectivity index (χ0v) is 13.4. The second-order valence-electron chi connectivity index (χ2n) is 5.82. The molecule has 7 nitrogen and oxygen atoms in total. The SMILES string of the molecule is CCN(C(=O)NCc1cn2ccc(C)cc2n1)[C@H]1COC[C@@H]1O. The summed E-state index contributed by atoms with van der Waals surface area (Å²) in [5.74, 6) is 0. The van der Waals surface area contributed by atoms with Gasteiger partial charge in [0.15, 0.2) is 0 Å². The van der Waals surface area contributed by atoms with Gasteiger partial charge < -0.3 is 24.5 Å². The van der Waals surface area contributed by atoms with Crippen molar-refractivity contribution >= 4 is 11.7 Å². The van der Waals surface area contributed by atoms with E-state index in [0.29, 0.717) is 19.7 Å². The fourth-order valence-electron chi connectivity index (χ4n) is 2.85. The van der Waals surface area contributed by atoms with E-state index in [1.165, 1.54) is 0 Å². The number of hydrogen-bond acceptors (Lipinski definition) is 4. The number of aromatic nitrogens is 2. The zero-order chi connectivity index (χ0) is 16.4. The van der Waals surface area contributed by atoms with E-state index < -0.39 is 6.10 Å². The first-order valence-corrected chi connectivity index (χ1v) is 7.83. The number of amides is 2. The van der Waals surface area contributed by atoms with Gasteiger partial charge in [-0.25, -0.2) is 9.78 Å². The number of likely N-dealkylation sites (N-methyl/N-ethyl adjacent to an activating group) is 1. The Bertz CT molecular complexity index is 700. The van der Waals surface area contributed by atoms with E-state index in [1.807, 2.05) is 42.8 Å². The van der Waals surface area contributed by atoms with Crippen molar-refractivity contribution in [1.29, 1.82) is 0 Å². The molecule has 1 fully saturated rings. The van der Waals surface area contributed by atoms with Crippen LogP contribution in [0.25, 0.3) is 5.65 Å². The van der Waals surface area contributed by atoms with Crippen LogP contribution in [0.4, 0.5) is 4.79 Å². The number of nitrogens with zero attached hydrogens (tertiary/aromatic N) is 3. The Morgan fingerprint density at radius 1 is 1.57 bits per heavy atom. The minimum absolute atomic E-state index is 0.213. The number of aliphatic hydroxyl groups excluding tert-OH is 1. The van der Waals surface area contributed by atoms with Gasteiger partial charge in [0.2, 0.25) is 0 Å². The van der Waals surface area contributed by atoms with Gasteiger partial charge in [0, 0.05) is 18.9 Å². The fraction of sp³-hybridized carbons (Fsp3) is 0.500. The van der Waals surface area contributed by atoms with Gasteiger partial charge in [-0.05, 0) is 31.5 Å². The highest BCUT2D eigenvalue weighted by atomic mass is 16.5. The molecule has 3 heterocycles.